The Kier molecular flexibility index (Phi) is 3.38. The second-order valence-corrected chi connectivity index (χ2v) is 5.45. The van der Waals surface area contributed by atoms with Gasteiger partial charge in [0, 0.05) is 43.9 Å². The standard InChI is InChI=1S/C12H21N3O2/c1-9(6-13)11(17)15-4-2-3-12(8-15)5-10(16)14-7-12/h9H,2-8,13H2,1H3,(H,14,16). The molecule has 2 aliphatic rings. The van der Waals surface area contributed by atoms with Crippen LogP contribution in [0.4, 0.5) is 0 Å². The van der Waals surface area contributed by atoms with Gasteiger partial charge in [-0.25, -0.2) is 0 Å². The third kappa shape index (κ3) is 2.44. The van der Waals surface area contributed by atoms with Gasteiger partial charge in [-0.05, 0) is 12.8 Å². The summed E-state index contributed by atoms with van der Waals surface area (Å²) in [6.07, 6.45) is 2.58. The van der Waals surface area contributed by atoms with Crippen molar-refractivity contribution in [3.63, 3.8) is 0 Å². The van der Waals surface area contributed by atoms with Crippen LogP contribution in [0.5, 0.6) is 0 Å². The Morgan fingerprint density at radius 2 is 2.41 bits per heavy atom. The highest BCUT2D eigenvalue weighted by molar-refractivity contribution is 5.81. The van der Waals surface area contributed by atoms with Crippen LogP contribution in [0.1, 0.15) is 26.2 Å². The summed E-state index contributed by atoms with van der Waals surface area (Å²) in [5.41, 5.74) is 5.52. The molecule has 0 radical (unpaired) electrons. The van der Waals surface area contributed by atoms with E-state index in [1.54, 1.807) is 0 Å². The van der Waals surface area contributed by atoms with Crippen molar-refractivity contribution >= 4 is 11.8 Å². The number of hydrogen-bond donors (Lipinski definition) is 2. The van der Waals surface area contributed by atoms with E-state index in [1.165, 1.54) is 0 Å². The second kappa shape index (κ2) is 4.64. The number of nitrogens with zero attached hydrogens (tertiary/aromatic N) is 1. The van der Waals surface area contributed by atoms with E-state index in [2.05, 4.69) is 5.32 Å². The van der Waals surface area contributed by atoms with Gasteiger partial charge in [-0.3, -0.25) is 9.59 Å². The molecule has 0 aromatic rings. The van der Waals surface area contributed by atoms with Crippen molar-refractivity contribution in [2.45, 2.75) is 26.2 Å². The van der Waals surface area contributed by atoms with Crippen LogP contribution in [-0.4, -0.2) is 42.9 Å². The van der Waals surface area contributed by atoms with E-state index in [1.807, 2.05) is 11.8 Å². The van der Waals surface area contributed by atoms with E-state index in [9.17, 15) is 9.59 Å². The lowest BCUT2D eigenvalue weighted by Gasteiger charge is -2.40. The molecule has 2 aliphatic heterocycles. The summed E-state index contributed by atoms with van der Waals surface area (Å²) in [4.78, 5) is 25.3. The smallest absolute Gasteiger partial charge is 0.226 e. The van der Waals surface area contributed by atoms with Crippen LogP contribution >= 0.6 is 0 Å². The lowest BCUT2D eigenvalue weighted by atomic mass is 9.79. The fraction of sp³-hybridized carbons (Fsp3) is 0.833. The molecule has 0 bridgehead atoms. The van der Waals surface area contributed by atoms with Crippen LogP contribution < -0.4 is 11.1 Å². The van der Waals surface area contributed by atoms with Crippen molar-refractivity contribution in [2.75, 3.05) is 26.2 Å². The van der Waals surface area contributed by atoms with E-state index in [4.69, 9.17) is 5.73 Å². The first-order chi connectivity index (χ1) is 8.06. The third-order valence-electron chi connectivity index (χ3n) is 3.94. The highest BCUT2D eigenvalue weighted by Gasteiger charge is 2.43. The highest BCUT2D eigenvalue weighted by atomic mass is 16.2. The van der Waals surface area contributed by atoms with E-state index in [-0.39, 0.29) is 23.1 Å². The molecule has 0 aromatic carbocycles. The van der Waals surface area contributed by atoms with Gasteiger partial charge >= 0.3 is 0 Å². The van der Waals surface area contributed by atoms with Crippen molar-refractivity contribution in [1.82, 2.24) is 10.2 Å². The predicted molar refractivity (Wildman–Crippen MR) is 64.1 cm³/mol. The predicted octanol–water partition coefficient (Wildman–Crippen LogP) is -0.290. The number of rotatable bonds is 2. The molecule has 2 heterocycles. The Morgan fingerprint density at radius 3 is 3.00 bits per heavy atom. The molecular formula is C12H21N3O2. The largest absolute Gasteiger partial charge is 0.355 e. The monoisotopic (exact) mass is 239 g/mol. The zero-order chi connectivity index (χ0) is 12.5. The van der Waals surface area contributed by atoms with Crippen LogP contribution in [-0.2, 0) is 9.59 Å². The molecular weight excluding hydrogens is 218 g/mol. The average Bonchev–Trinajstić information content (AvgIpc) is 2.68. The Bertz CT molecular complexity index is 332. The van der Waals surface area contributed by atoms with Crippen molar-refractivity contribution in [3.8, 4) is 0 Å². The van der Waals surface area contributed by atoms with Gasteiger partial charge in [0.2, 0.25) is 11.8 Å². The van der Waals surface area contributed by atoms with Gasteiger partial charge in [0.25, 0.3) is 0 Å². The number of carbonyl (C=O) groups is 2. The average molecular weight is 239 g/mol. The Hall–Kier alpha value is -1.10. The summed E-state index contributed by atoms with van der Waals surface area (Å²) < 4.78 is 0. The molecule has 96 valence electrons. The Morgan fingerprint density at radius 1 is 1.65 bits per heavy atom. The molecule has 17 heavy (non-hydrogen) atoms. The molecule has 0 aromatic heterocycles. The lowest BCUT2D eigenvalue weighted by molar-refractivity contribution is -0.138. The minimum atomic E-state index is -0.116. The molecule has 0 aliphatic carbocycles. The van der Waals surface area contributed by atoms with Crippen LogP contribution in [0, 0.1) is 11.3 Å². The SMILES string of the molecule is CC(CN)C(=O)N1CCCC2(CNC(=O)C2)C1. The number of piperidine rings is 1. The highest BCUT2D eigenvalue weighted by Crippen LogP contribution is 2.36. The molecule has 2 atom stereocenters. The summed E-state index contributed by atoms with van der Waals surface area (Å²) >= 11 is 0. The molecule has 2 unspecified atom stereocenters. The summed E-state index contributed by atoms with van der Waals surface area (Å²) in [5, 5.41) is 2.88. The zero-order valence-corrected chi connectivity index (χ0v) is 10.4. The van der Waals surface area contributed by atoms with Crippen LogP contribution in [0.25, 0.3) is 0 Å². The fourth-order valence-corrected chi connectivity index (χ4v) is 2.85. The molecule has 1 spiro atoms. The number of hydrogen-bond acceptors (Lipinski definition) is 3. The fourth-order valence-electron chi connectivity index (χ4n) is 2.85. The minimum Gasteiger partial charge on any atom is -0.355 e. The van der Waals surface area contributed by atoms with Crippen LogP contribution in [0.2, 0.25) is 0 Å². The summed E-state index contributed by atoms with van der Waals surface area (Å²) in [6, 6.07) is 0. The van der Waals surface area contributed by atoms with Crippen LogP contribution in [0.15, 0.2) is 0 Å². The maximum absolute atomic E-state index is 12.1. The van der Waals surface area contributed by atoms with E-state index < -0.39 is 0 Å². The van der Waals surface area contributed by atoms with E-state index in [0.29, 0.717) is 26.1 Å². The maximum Gasteiger partial charge on any atom is 0.226 e. The third-order valence-corrected chi connectivity index (χ3v) is 3.94. The quantitative estimate of drug-likeness (QED) is 0.695. The van der Waals surface area contributed by atoms with Crippen molar-refractivity contribution < 1.29 is 9.59 Å². The summed E-state index contributed by atoms with van der Waals surface area (Å²) in [7, 11) is 0. The first-order valence-electron chi connectivity index (χ1n) is 6.32. The maximum atomic E-state index is 12.1. The van der Waals surface area contributed by atoms with E-state index >= 15 is 0 Å². The molecule has 5 nitrogen and oxygen atoms in total. The van der Waals surface area contributed by atoms with Gasteiger partial charge in [0.15, 0.2) is 0 Å². The van der Waals surface area contributed by atoms with Crippen LogP contribution in [0.3, 0.4) is 0 Å². The molecule has 2 amide bonds. The van der Waals surface area contributed by atoms with Crippen molar-refractivity contribution in [2.24, 2.45) is 17.1 Å². The molecule has 2 saturated heterocycles. The van der Waals surface area contributed by atoms with E-state index in [0.717, 1.165) is 19.4 Å². The Balaban J connectivity index is 2.02. The number of likely N-dealkylation sites (tertiary alicyclic amines) is 1. The number of nitrogens with one attached hydrogen (secondary N) is 1. The van der Waals surface area contributed by atoms with Gasteiger partial charge in [0.05, 0.1) is 0 Å². The summed E-state index contributed by atoms with van der Waals surface area (Å²) in [5.74, 6) is 0.132. The molecule has 2 rings (SSSR count). The normalized spacial score (nSPS) is 30.5. The summed E-state index contributed by atoms with van der Waals surface area (Å²) in [6.45, 7) is 4.47. The van der Waals surface area contributed by atoms with Crippen molar-refractivity contribution in [1.29, 1.82) is 0 Å². The zero-order valence-electron chi connectivity index (χ0n) is 10.4. The lowest BCUT2D eigenvalue weighted by Crippen LogP contribution is -2.49. The Labute approximate surface area is 102 Å². The van der Waals surface area contributed by atoms with Gasteiger partial charge in [-0.2, -0.15) is 0 Å². The first kappa shape index (κ1) is 12.4. The number of carbonyl (C=O) groups excluding carboxylic acids is 2. The van der Waals surface area contributed by atoms with Gasteiger partial charge < -0.3 is 16.0 Å². The van der Waals surface area contributed by atoms with Gasteiger partial charge in [-0.1, -0.05) is 6.92 Å². The topological polar surface area (TPSA) is 75.4 Å². The molecule has 3 N–H and O–H groups in total. The van der Waals surface area contributed by atoms with Gasteiger partial charge in [0.1, 0.15) is 0 Å². The number of nitrogens with two attached hydrogens (primary N) is 1. The molecule has 2 fully saturated rings. The van der Waals surface area contributed by atoms with Gasteiger partial charge in [-0.15, -0.1) is 0 Å². The molecule has 0 saturated carbocycles. The first-order valence-corrected chi connectivity index (χ1v) is 6.32. The second-order valence-electron chi connectivity index (χ2n) is 5.45. The van der Waals surface area contributed by atoms with Crippen molar-refractivity contribution in [3.05, 3.63) is 0 Å². The number of amides is 2. The molecule has 5 heteroatoms. The minimum absolute atomic E-state index is 0.0146.